The van der Waals surface area contributed by atoms with Crippen molar-refractivity contribution >= 4 is 33.3 Å². The van der Waals surface area contributed by atoms with Gasteiger partial charge in [-0.2, -0.15) is 0 Å². The maximum atomic E-state index is 11.9. The van der Waals surface area contributed by atoms with E-state index in [1.54, 1.807) is 24.5 Å². The van der Waals surface area contributed by atoms with Crippen LogP contribution >= 0.6 is 27.5 Å². The molecule has 0 saturated carbocycles. The minimum absolute atomic E-state index is 0.00537. The molecule has 2 heterocycles. The number of halogens is 2. The largest absolute Gasteiger partial charge is 0.294 e. The second-order valence-electron chi connectivity index (χ2n) is 3.48. The van der Waals surface area contributed by atoms with E-state index in [2.05, 4.69) is 25.9 Å². The number of pyridine rings is 2. The molecule has 0 aliphatic heterocycles. The van der Waals surface area contributed by atoms with Crippen LogP contribution in [0.4, 0.5) is 0 Å². The lowest BCUT2D eigenvalue weighted by Crippen LogP contribution is -2.04. The van der Waals surface area contributed by atoms with Crippen molar-refractivity contribution in [3.05, 3.63) is 57.5 Å². The third-order valence-electron chi connectivity index (χ3n) is 2.17. The van der Waals surface area contributed by atoms with Gasteiger partial charge in [-0.3, -0.25) is 9.78 Å². The van der Waals surface area contributed by atoms with Crippen LogP contribution < -0.4 is 0 Å². The highest BCUT2D eigenvalue weighted by Gasteiger charge is 2.08. The van der Waals surface area contributed by atoms with Crippen LogP contribution in [0.5, 0.6) is 0 Å². The van der Waals surface area contributed by atoms with Crippen molar-refractivity contribution in [3.63, 3.8) is 0 Å². The fourth-order valence-corrected chi connectivity index (χ4v) is 2.00. The molecule has 0 spiro atoms. The maximum absolute atomic E-state index is 11.9. The molecule has 2 rings (SSSR count). The molecular formula is C12H8BrClN2O. The fraction of sp³-hybridized carbons (Fsp3) is 0.0833. The average molecular weight is 312 g/mol. The predicted molar refractivity (Wildman–Crippen MR) is 69.2 cm³/mol. The number of ketones is 1. The highest BCUT2D eigenvalue weighted by molar-refractivity contribution is 9.10. The van der Waals surface area contributed by atoms with Crippen LogP contribution in [0.1, 0.15) is 15.9 Å². The van der Waals surface area contributed by atoms with Gasteiger partial charge in [-0.1, -0.05) is 11.6 Å². The van der Waals surface area contributed by atoms with E-state index >= 15 is 0 Å². The van der Waals surface area contributed by atoms with Gasteiger partial charge in [0.2, 0.25) is 0 Å². The van der Waals surface area contributed by atoms with Gasteiger partial charge >= 0.3 is 0 Å². The first-order chi connectivity index (χ1) is 8.15. The van der Waals surface area contributed by atoms with E-state index < -0.39 is 0 Å². The summed E-state index contributed by atoms with van der Waals surface area (Å²) in [6, 6.07) is 5.09. The van der Waals surface area contributed by atoms with Crippen LogP contribution in [0, 0.1) is 0 Å². The molecule has 0 aromatic carbocycles. The summed E-state index contributed by atoms with van der Waals surface area (Å²) in [7, 11) is 0. The molecule has 0 N–H and O–H groups in total. The number of hydrogen-bond acceptors (Lipinski definition) is 3. The van der Waals surface area contributed by atoms with Crippen molar-refractivity contribution in [1.82, 2.24) is 9.97 Å². The molecule has 0 aliphatic carbocycles. The summed E-state index contributed by atoms with van der Waals surface area (Å²) < 4.78 is 0.857. The Morgan fingerprint density at radius 3 is 2.88 bits per heavy atom. The van der Waals surface area contributed by atoms with E-state index in [1.165, 1.54) is 6.20 Å². The summed E-state index contributed by atoms with van der Waals surface area (Å²) in [6.07, 6.45) is 5.17. The smallest absolute Gasteiger partial charge is 0.167 e. The lowest BCUT2D eigenvalue weighted by molar-refractivity contribution is 0.0993. The zero-order valence-electron chi connectivity index (χ0n) is 8.73. The van der Waals surface area contributed by atoms with Crippen molar-refractivity contribution in [3.8, 4) is 0 Å². The van der Waals surface area contributed by atoms with Gasteiger partial charge in [0.25, 0.3) is 0 Å². The molecule has 2 aromatic heterocycles. The lowest BCUT2D eigenvalue weighted by Gasteiger charge is -2.02. The second-order valence-corrected chi connectivity index (χ2v) is 4.78. The zero-order valence-corrected chi connectivity index (χ0v) is 11.1. The molecule has 0 saturated heterocycles. The molecule has 17 heavy (non-hydrogen) atoms. The molecule has 0 fully saturated rings. The Hall–Kier alpha value is -1.26. The highest BCUT2D eigenvalue weighted by atomic mass is 79.9. The Bertz CT molecular complexity index is 560. The van der Waals surface area contributed by atoms with Crippen LogP contribution in [0.15, 0.2) is 41.3 Å². The third-order valence-corrected chi connectivity index (χ3v) is 2.82. The Labute approximate surface area is 112 Å². The average Bonchev–Trinajstić information content (AvgIpc) is 2.29. The Morgan fingerprint density at radius 1 is 1.35 bits per heavy atom. The first-order valence-electron chi connectivity index (χ1n) is 4.89. The van der Waals surface area contributed by atoms with E-state index in [0.717, 1.165) is 10.0 Å². The van der Waals surface area contributed by atoms with Gasteiger partial charge in [0.1, 0.15) is 5.15 Å². The molecule has 5 heteroatoms. The first-order valence-corrected chi connectivity index (χ1v) is 6.06. The summed E-state index contributed by atoms with van der Waals surface area (Å²) in [5, 5.41) is 0.322. The van der Waals surface area contributed by atoms with Crippen molar-refractivity contribution in [1.29, 1.82) is 0 Å². The zero-order chi connectivity index (χ0) is 12.3. The summed E-state index contributed by atoms with van der Waals surface area (Å²) in [5.74, 6) is -0.00537. The van der Waals surface area contributed by atoms with Gasteiger partial charge in [-0.25, -0.2) is 4.98 Å². The van der Waals surface area contributed by atoms with Gasteiger partial charge < -0.3 is 0 Å². The van der Waals surface area contributed by atoms with Crippen molar-refractivity contribution in [2.24, 2.45) is 0 Å². The number of carbonyl (C=O) groups excluding carboxylic acids is 1. The van der Waals surface area contributed by atoms with Crippen molar-refractivity contribution in [2.75, 3.05) is 0 Å². The molecule has 0 radical (unpaired) electrons. The van der Waals surface area contributed by atoms with Crippen LogP contribution in [0.3, 0.4) is 0 Å². The molecule has 0 amide bonds. The third kappa shape index (κ3) is 3.35. The monoisotopic (exact) mass is 310 g/mol. The molecule has 0 atom stereocenters. The topological polar surface area (TPSA) is 42.9 Å². The van der Waals surface area contributed by atoms with Crippen LogP contribution in [0.25, 0.3) is 0 Å². The number of nitrogens with zero attached hydrogens (tertiary/aromatic N) is 2. The van der Waals surface area contributed by atoms with Crippen LogP contribution in [-0.4, -0.2) is 15.8 Å². The molecule has 2 aromatic rings. The summed E-state index contributed by atoms with van der Waals surface area (Å²) in [6.45, 7) is 0. The molecule has 86 valence electrons. The molecular weight excluding hydrogens is 304 g/mol. The van der Waals surface area contributed by atoms with E-state index in [-0.39, 0.29) is 5.78 Å². The van der Waals surface area contributed by atoms with Crippen molar-refractivity contribution in [2.45, 2.75) is 6.42 Å². The summed E-state index contributed by atoms with van der Waals surface area (Å²) in [4.78, 5) is 19.8. The van der Waals surface area contributed by atoms with Gasteiger partial charge in [0.05, 0.1) is 0 Å². The molecule has 0 bridgehead atoms. The standard InChI is InChI=1S/C12H8BrClN2O/c13-10-3-8(6-15-7-10)4-11(17)9-1-2-16-12(14)5-9/h1-3,5-7H,4H2. The number of carbonyl (C=O) groups is 1. The Kier molecular flexibility index (Phi) is 3.86. The van der Waals surface area contributed by atoms with Crippen molar-refractivity contribution < 1.29 is 4.79 Å². The number of aromatic nitrogens is 2. The number of Topliss-reactive ketones (excluding diaryl/α,β-unsaturated/α-hetero) is 1. The van der Waals surface area contributed by atoms with Gasteiger partial charge in [0.15, 0.2) is 5.78 Å². The second kappa shape index (κ2) is 5.38. The van der Waals surface area contributed by atoms with E-state index in [1.807, 2.05) is 6.07 Å². The Balaban J connectivity index is 2.17. The van der Waals surface area contributed by atoms with Crippen LogP contribution in [0.2, 0.25) is 5.15 Å². The quantitative estimate of drug-likeness (QED) is 0.645. The minimum Gasteiger partial charge on any atom is -0.294 e. The number of hydrogen-bond donors (Lipinski definition) is 0. The predicted octanol–water partition coefficient (Wildman–Crippen LogP) is 3.32. The highest BCUT2D eigenvalue weighted by Crippen LogP contribution is 2.13. The molecule has 0 unspecified atom stereocenters. The van der Waals surface area contributed by atoms with Crippen LogP contribution in [-0.2, 0) is 6.42 Å². The summed E-state index contributed by atoms with van der Waals surface area (Å²) in [5.41, 5.74) is 1.42. The van der Waals surface area contributed by atoms with E-state index in [0.29, 0.717) is 17.1 Å². The minimum atomic E-state index is -0.00537. The van der Waals surface area contributed by atoms with E-state index in [9.17, 15) is 4.79 Å². The normalized spacial score (nSPS) is 10.2. The first kappa shape index (κ1) is 12.2. The van der Waals surface area contributed by atoms with Gasteiger partial charge in [-0.05, 0) is 39.7 Å². The summed E-state index contributed by atoms with van der Waals surface area (Å²) >= 11 is 9.05. The van der Waals surface area contributed by atoms with Gasteiger partial charge in [0, 0.05) is 35.0 Å². The van der Waals surface area contributed by atoms with Gasteiger partial charge in [-0.15, -0.1) is 0 Å². The fourth-order valence-electron chi connectivity index (χ4n) is 1.42. The molecule has 0 aliphatic rings. The molecule has 3 nitrogen and oxygen atoms in total. The Morgan fingerprint density at radius 2 is 2.18 bits per heavy atom. The maximum Gasteiger partial charge on any atom is 0.167 e. The number of rotatable bonds is 3. The van der Waals surface area contributed by atoms with E-state index in [4.69, 9.17) is 11.6 Å². The lowest BCUT2D eigenvalue weighted by atomic mass is 10.1. The SMILES string of the molecule is O=C(Cc1cncc(Br)c1)c1ccnc(Cl)c1.